The Balaban J connectivity index is 2.94. The first-order valence-electron chi connectivity index (χ1n) is 3.46. The van der Waals surface area contributed by atoms with Crippen LogP contribution in [0.2, 0.25) is 0 Å². The van der Waals surface area contributed by atoms with Crippen molar-refractivity contribution >= 4 is 17.7 Å². The second-order valence-electron chi connectivity index (χ2n) is 2.43. The number of aromatic amines is 1. The van der Waals surface area contributed by atoms with E-state index in [1.54, 1.807) is 10.9 Å². The number of carboxylic acid groups (broad SMARTS) is 1. The molecule has 0 saturated heterocycles. The summed E-state index contributed by atoms with van der Waals surface area (Å²) in [4.78, 5) is 13.4. The summed E-state index contributed by atoms with van der Waals surface area (Å²) >= 11 is 1.52. The van der Waals surface area contributed by atoms with Gasteiger partial charge >= 0.3 is 5.97 Å². The van der Waals surface area contributed by atoms with E-state index in [9.17, 15) is 4.79 Å². The first-order chi connectivity index (χ1) is 5.65. The van der Waals surface area contributed by atoms with Crippen LogP contribution in [0.4, 0.5) is 0 Å². The van der Waals surface area contributed by atoms with E-state index < -0.39 is 5.97 Å². The zero-order chi connectivity index (χ0) is 9.14. The lowest BCUT2D eigenvalue weighted by molar-refractivity contribution is -0.678. The van der Waals surface area contributed by atoms with Crippen LogP contribution < -0.4 is 4.57 Å². The summed E-state index contributed by atoms with van der Waals surface area (Å²) in [5.41, 5.74) is 0.815. The summed E-state index contributed by atoms with van der Waals surface area (Å²) in [5.74, 6) is -0.805. The van der Waals surface area contributed by atoms with Crippen LogP contribution in [-0.4, -0.2) is 22.3 Å². The third-order valence-corrected chi connectivity index (χ3v) is 2.36. The monoisotopic (exact) mass is 187 g/mol. The van der Waals surface area contributed by atoms with Gasteiger partial charge < -0.3 is 5.11 Å². The highest BCUT2D eigenvalue weighted by Gasteiger charge is 2.17. The number of aryl methyl sites for hydroxylation is 1. The van der Waals surface area contributed by atoms with E-state index in [0.29, 0.717) is 0 Å². The van der Waals surface area contributed by atoms with Crippen molar-refractivity contribution in [3.8, 4) is 0 Å². The van der Waals surface area contributed by atoms with E-state index in [0.717, 1.165) is 10.7 Å². The number of hydrogen-bond donors (Lipinski definition) is 2. The van der Waals surface area contributed by atoms with Gasteiger partial charge in [-0.2, -0.15) is 0 Å². The molecule has 2 N–H and O–H groups in total. The number of imidazole rings is 1. The molecule has 0 amide bonds. The minimum Gasteiger partial charge on any atom is -0.481 e. The Hall–Kier alpha value is -0.970. The minimum atomic E-state index is -0.805. The normalized spacial score (nSPS) is 10.2. The van der Waals surface area contributed by atoms with Crippen molar-refractivity contribution in [2.24, 2.45) is 7.05 Å². The molecule has 0 fully saturated rings. The Labute approximate surface area is 74.6 Å². The Bertz CT molecular complexity index is 296. The fraction of sp³-hybridized carbons (Fsp3) is 0.429. The highest BCUT2D eigenvalue weighted by atomic mass is 32.2. The number of thioether (sulfide) groups is 1. The number of carboxylic acids is 1. The Morgan fingerprint density at radius 3 is 3.00 bits per heavy atom. The van der Waals surface area contributed by atoms with E-state index >= 15 is 0 Å². The molecular weight excluding hydrogens is 176 g/mol. The molecule has 1 aromatic heterocycles. The van der Waals surface area contributed by atoms with Gasteiger partial charge in [-0.05, 0) is 6.26 Å². The topological polar surface area (TPSA) is 57.0 Å². The predicted octanol–water partition coefficient (Wildman–Crippen LogP) is 0.188. The molecule has 66 valence electrons. The SMILES string of the molecule is CSc1[nH]c[n+](C)c1CC(=O)O. The smallest absolute Gasteiger partial charge is 0.311 e. The predicted molar refractivity (Wildman–Crippen MR) is 45.1 cm³/mol. The van der Waals surface area contributed by atoms with Crippen LogP contribution in [0.15, 0.2) is 11.4 Å². The van der Waals surface area contributed by atoms with Gasteiger partial charge in [0.1, 0.15) is 6.42 Å². The summed E-state index contributed by atoms with van der Waals surface area (Å²) < 4.78 is 1.79. The van der Waals surface area contributed by atoms with Crippen LogP contribution in [-0.2, 0) is 18.3 Å². The fourth-order valence-corrected chi connectivity index (χ4v) is 1.62. The molecule has 0 radical (unpaired) electrons. The lowest BCUT2D eigenvalue weighted by Gasteiger charge is -1.93. The number of aliphatic carboxylic acids is 1. The fourth-order valence-electron chi connectivity index (χ4n) is 1.00. The summed E-state index contributed by atoms with van der Waals surface area (Å²) in [6.07, 6.45) is 3.73. The maximum absolute atomic E-state index is 10.5. The third kappa shape index (κ3) is 1.79. The molecule has 0 atom stereocenters. The van der Waals surface area contributed by atoms with Gasteiger partial charge in [-0.25, -0.2) is 9.55 Å². The van der Waals surface area contributed by atoms with Crippen molar-refractivity contribution < 1.29 is 14.5 Å². The van der Waals surface area contributed by atoms with E-state index in [2.05, 4.69) is 4.98 Å². The van der Waals surface area contributed by atoms with Gasteiger partial charge in [0.2, 0.25) is 11.4 Å². The molecule has 1 aromatic rings. The van der Waals surface area contributed by atoms with Gasteiger partial charge in [-0.1, -0.05) is 11.8 Å². The Morgan fingerprint density at radius 1 is 1.83 bits per heavy atom. The molecule has 0 aliphatic heterocycles. The van der Waals surface area contributed by atoms with E-state index in [4.69, 9.17) is 5.11 Å². The van der Waals surface area contributed by atoms with Gasteiger partial charge in [-0.15, -0.1) is 0 Å². The van der Waals surface area contributed by atoms with Crippen LogP contribution in [0.5, 0.6) is 0 Å². The number of hydrogen-bond acceptors (Lipinski definition) is 2. The van der Waals surface area contributed by atoms with E-state index in [-0.39, 0.29) is 6.42 Å². The average molecular weight is 187 g/mol. The van der Waals surface area contributed by atoms with Crippen molar-refractivity contribution in [3.63, 3.8) is 0 Å². The molecule has 0 spiro atoms. The summed E-state index contributed by atoms with van der Waals surface area (Å²) in [6.45, 7) is 0. The number of carbonyl (C=O) groups is 1. The molecule has 0 aromatic carbocycles. The van der Waals surface area contributed by atoms with Gasteiger partial charge in [0, 0.05) is 0 Å². The molecule has 5 heteroatoms. The molecular formula is C7H11N2O2S+. The van der Waals surface area contributed by atoms with Gasteiger partial charge in [-0.3, -0.25) is 4.79 Å². The summed E-state index contributed by atoms with van der Waals surface area (Å²) in [5, 5.41) is 9.51. The van der Waals surface area contributed by atoms with Crippen LogP contribution in [0.3, 0.4) is 0 Å². The van der Waals surface area contributed by atoms with Crippen molar-refractivity contribution in [2.75, 3.05) is 6.26 Å². The van der Waals surface area contributed by atoms with Crippen LogP contribution in [0, 0.1) is 0 Å². The van der Waals surface area contributed by atoms with Crippen molar-refractivity contribution in [3.05, 3.63) is 12.0 Å². The maximum atomic E-state index is 10.5. The molecule has 4 nitrogen and oxygen atoms in total. The highest BCUT2D eigenvalue weighted by Crippen LogP contribution is 2.14. The van der Waals surface area contributed by atoms with Gasteiger partial charge in [0.25, 0.3) is 0 Å². The number of H-pyrrole nitrogens is 1. The highest BCUT2D eigenvalue weighted by molar-refractivity contribution is 7.98. The van der Waals surface area contributed by atoms with Crippen molar-refractivity contribution in [1.82, 2.24) is 4.98 Å². The van der Waals surface area contributed by atoms with Crippen LogP contribution >= 0.6 is 11.8 Å². The number of nitrogens with zero attached hydrogens (tertiary/aromatic N) is 1. The minimum absolute atomic E-state index is 0.0656. The average Bonchev–Trinajstić information content (AvgIpc) is 2.32. The summed E-state index contributed by atoms with van der Waals surface area (Å²) in [6, 6.07) is 0. The van der Waals surface area contributed by atoms with Gasteiger partial charge in [0.15, 0.2) is 5.69 Å². The Kier molecular flexibility index (Phi) is 2.75. The second-order valence-corrected chi connectivity index (χ2v) is 3.25. The molecule has 1 heterocycles. The molecule has 1 rings (SSSR count). The molecule has 0 aliphatic rings. The number of aromatic nitrogens is 2. The number of rotatable bonds is 3. The summed E-state index contributed by atoms with van der Waals surface area (Å²) in [7, 11) is 1.83. The number of nitrogens with one attached hydrogen (secondary N) is 1. The molecule has 0 saturated carbocycles. The van der Waals surface area contributed by atoms with Crippen LogP contribution in [0.1, 0.15) is 5.69 Å². The molecule has 0 unspecified atom stereocenters. The van der Waals surface area contributed by atoms with Crippen molar-refractivity contribution in [1.29, 1.82) is 0 Å². The quantitative estimate of drug-likeness (QED) is 0.524. The van der Waals surface area contributed by atoms with Gasteiger partial charge in [0.05, 0.1) is 7.05 Å². The zero-order valence-electron chi connectivity index (χ0n) is 7.00. The second kappa shape index (κ2) is 3.62. The van der Waals surface area contributed by atoms with Crippen molar-refractivity contribution in [2.45, 2.75) is 11.4 Å². The zero-order valence-corrected chi connectivity index (χ0v) is 7.81. The first kappa shape index (κ1) is 9.12. The lowest BCUT2D eigenvalue weighted by atomic mass is 10.3. The first-order valence-corrected chi connectivity index (χ1v) is 4.69. The molecule has 0 aliphatic carbocycles. The molecule has 0 bridgehead atoms. The van der Waals surface area contributed by atoms with Crippen LogP contribution in [0.25, 0.3) is 0 Å². The largest absolute Gasteiger partial charge is 0.481 e. The van der Waals surface area contributed by atoms with E-state index in [1.165, 1.54) is 11.8 Å². The third-order valence-electron chi connectivity index (χ3n) is 1.60. The molecule has 12 heavy (non-hydrogen) atoms. The lowest BCUT2D eigenvalue weighted by Crippen LogP contribution is -2.31. The standard InChI is InChI=1S/C7H10N2O2S/c1-9-4-8-7(12-2)5(9)3-6(10)11/h4H,3H2,1-2H3,(H,10,11)/p+1. The van der Waals surface area contributed by atoms with E-state index in [1.807, 2.05) is 13.3 Å². The maximum Gasteiger partial charge on any atom is 0.311 e. The Morgan fingerprint density at radius 2 is 2.50 bits per heavy atom.